The average molecular weight is 1280 g/mol. The molecule has 1 aromatic heterocycles. The molecular formula is C96H72BN3. The molecule has 0 saturated heterocycles. The van der Waals surface area contributed by atoms with Gasteiger partial charge in [0.2, 0.25) is 0 Å². The summed E-state index contributed by atoms with van der Waals surface area (Å²) < 4.78 is 2.55. The number of aromatic nitrogens is 1. The first kappa shape index (κ1) is 60.2. The van der Waals surface area contributed by atoms with E-state index in [0.717, 1.165) is 118 Å². The molecular weight excluding hydrogens is 1210 g/mol. The lowest BCUT2D eigenvalue weighted by Crippen LogP contribution is -2.61. The van der Waals surface area contributed by atoms with Crippen molar-refractivity contribution in [3.05, 3.63) is 361 Å². The minimum Gasteiger partial charge on any atom is -0.310 e. The number of anilines is 6. The van der Waals surface area contributed by atoms with Gasteiger partial charge < -0.3 is 14.4 Å². The number of para-hydroxylation sites is 2. The Morgan fingerprint density at radius 2 is 0.540 bits per heavy atom. The predicted octanol–water partition coefficient (Wildman–Crippen LogP) is 24.1. The summed E-state index contributed by atoms with van der Waals surface area (Å²) >= 11 is 0. The Labute approximate surface area is 586 Å². The lowest BCUT2D eigenvalue weighted by atomic mass is 9.33. The minimum atomic E-state index is -0.244. The number of benzene rings is 15. The molecule has 3 nitrogen and oxygen atoms in total. The van der Waals surface area contributed by atoms with Crippen molar-refractivity contribution in [2.24, 2.45) is 0 Å². The summed E-state index contributed by atoms with van der Waals surface area (Å²) in [5.74, 6) is 0. The smallest absolute Gasteiger partial charge is 0.252 e. The second-order valence-corrected chi connectivity index (χ2v) is 27.5. The highest BCUT2D eigenvalue weighted by Gasteiger charge is 2.46. The highest BCUT2D eigenvalue weighted by molar-refractivity contribution is 7.00. The first-order valence-corrected chi connectivity index (χ1v) is 35.0. The molecule has 16 aromatic rings. The zero-order valence-corrected chi connectivity index (χ0v) is 57.1. The predicted molar refractivity (Wildman–Crippen MR) is 427 cm³/mol. The number of fused-ring (bicyclic) bond motifs is 7. The number of nitrogens with zero attached hydrogens (tertiary/aromatic N) is 3. The van der Waals surface area contributed by atoms with Gasteiger partial charge in [-0.15, -0.1) is 0 Å². The largest absolute Gasteiger partial charge is 0.310 e. The second-order valence-electron chi connectivity index (χ2n) is 27.5. The van der Waals surface area contributed by atoms with E-state index in [4.69, 9.17) is 0 Å². The van der Waals surface area contributed by atoms with E-state index in [9.17, 15) is 0 Å². The van der Waals surface area contributed by atoms with Crippen molar-refractivity contribution in [3.8, 4) is 94.7 Å². The molecule has 0 bridgehead atoms. The zero-order chi connectivity index (χ0) is 67.3. The third-order valence-corrected chi connectivity index (χ3v) is 21.0. The van der Waals surface area contributed by atoms with Crippen LogP contribution in [-0.4, -0.2) is 11.3 Å². The first-order chi connectivity index (χ1) is 49.1. The van der Waals surface area contributed by atoms with E-state index >= 15 is 0 Å². The van der Waals surface area contributed by atoms with Gasteiger partial charge >= 0.3 is 0 Å². The van der Waals surface area contributed by atoms with Crippen molar-refractivity contribution in [3.63, 3.8) is 0 Å². The normalized spacial score (nSPS) is 12.2. The summed E-state index contributed by atoms with van der Waals surface area (Å²) in [5.41, 5.74) is 39.8. The van der Waals surface area contributed by atoms with Gasteiger partial charge in [0, 0.05) is 55.8 Å². The summed E-state index contributed by atoms with van der Waals surface area (Å²) in [6, 6.07) is 124. The van der Waals surface area contributed by atoms with Gasteiger partial charge in [-0.05, 0) is 208 Å². The zero-order valence-electron chi connectivity index (χ0n) is 57.1. The van der Waals surface area contributed by atoms with Crippen molar-refractivity contribution < 1.29 is 0 Å². The van der Waals surface area contributed by atoms with Crippen LogP contribution in [0.5, 0.6) is 0 Å². The van der Waals surface area contributed by atoms with Crippen LogP contribution in [0.1, 0.15) is 33.4 Å². The Morgan fingerprint density at radius 1 is 0.240 bits per heavy atom. The minimum absolute atomic E-state index is 0.244. The quantitative estimate of drug-likeness (QED) is 0.120. The molecule has 15 aromatic carbocycles. The molecule has 2 aliphatic heterocycles. The monoisotopic (exact) mass is 1280 g/mol. The molecule has 0 saturated carbocycles. The SMILES string of the molecule is Cc1cc(C)c(-c2ccc3c(c2)N(c2c(-c4ccccc4)cc(-c4ccccc4)cc2-c2ccccc2)c2cc(-n4c5ccccc5c5ccccc54)cc4c2B3c2ccc(-c3c(C)cc(C)cc3C)cc2N4c2c(-c3ccccc3)cc(-c3ccccc3)cc2-c2ccccc2)c(C)c1. The Kier molecular flexibility index (Phi) is 14.7. The van der Waals surface area contributed by atoms with Gasteiger partial charge in [-0.2, -0.15) is 0 Å². The van der Waals surface area contributed by atoms with Crippen LogP contribution in [0.3, 0.4) is 0 Å². The third kappa shape index (κ3) is 10.0. The summed E-state index contributed by atoms with van der Waals surface area (Å²) in [7, 11) is 0. The Balaban J connectivity index is 1.07. The fourth-order valence-corrected chi connectivity index (χ4v) is 17.1. The highest BCUT2D eigenvalue weighted by Crippen LogP contribution is 2.56. The third-order valence-electron chi connectivity index (χ3n) is 21.0. The molecule has 0 radical (unpaired) electrons. The van der Waals surface area contributed by atoms with Gasteiger partial charge in [0.05, 0.1) is 28.1 Å². The van der Waals surface area contributed by atoms with E-state index in [1.54, 1.807) is 0 Å². The van der Waals surface area contributed by atoms with E-state index in [-0.39, 0.29) is 6.71 Å². The van der Waals surface area contributed by atoms with Crippen molar-refractivity contribution in [1.82, 2.24) is 4.57 Å². The molecule has 3 heterocycles. The molecule has 4 heteroatoms. The highest BCUT2D eigenvalue weighted by atomic mass is 15.2. The van der Waals surface area contributed by atoms with Crippen molar-refractivity contribution in [2.45, 2.75) is 41.5 Å². The van der Waals surface area contributed by atoms with E-state index in [1.165, 1.54) is 82.8 Å². The van der Waals surface area contributed by atoms with E-state index in [2.05, 4.69) is 383 Å². The summed E-state index contributed by atoms with van der Waals surface area (Å²) in [6.45, 7) is 13.3. The number of rotatable bonds is 11. The van der Waals surface area contributed by atoms with Gasteiger partial charge in [0.1, 0.15) is 0 Å². The molecule has 474 valence electrons. The van der Waals surface area contributed by atoms with E-state index in [1.807, 2.05) is 0 Å². The molecule has 2 aliphatic rings. The van der Waals surface area contributed by atoms with Gasteiger partial charge in [-0.3, -0.25) is 0 Å². The Bertz CT molecular complexity index is 5370. The molecule has 0 aliphatic carbocycles. The number of hydrogen-bond donors (Lipinski definition) is 0. The number of aryl methyl sites for hydroxylation is 6. The maximum absolute atomic E-state index is 2.72. The van der Waals surface area contributed by atoms with Gasteiger partial charge in [0.25, 0.3) is 6.71 Å². The van der Waals surface area contributed by atoms with Crippen LogP contribution in [0.25, 0.3) is 117 Å². The lowest BCUT2D eigenvalue weighted by molar-refractivity contribution is 1.16. The molecule has 100 heavy (non-hydrogen) atoms. The summed E-state index contributed by atoms with van der Waals surface area (Å²) in [4.78, 5) is 5.43. The molecule has 18 rings (SSSR count). The number of hydrogen-bond acceptors (Lipinski definition) is 2. The van der Waals surface area contributed by atoms with Gasteiger partial charge in [0.15, 0.2) is 0 Å². The molecule has 0 atom stereocenters. The fourth-order valence-electron chi connectivity index (χ4n) is 17.1. The van der Waals surface area contributed by atoms with Crippen LogP contribution in [0.2, 0.25) is 0 Å². The van der Waals surface area contributed by atoms with Gasteiger partial charge in [-0.25, -0.2) is 0 Å². The molecule has 0 N–H and O–H groups in total. The van der Waals surface area contributed by atoms with E-state index in [0.29, 0.717) is 0 Å². The molecule has 0 amide bonds. The molecule has 0 fully saturated rings. The topological polar surface area (TPSA) is 11.4 Å². The lowest BCUT2D eigenvalue weighted by Gasteiger charge is -2.46. The second kappa shape index (κ2) is 24.4. The molecule has 0 spiro atoms. The standard InChI is InChI=1S/C96H72BN3/c1-61-49-63(3)92(64(4)50-61)73-45-47-84-88(57-73)99(95-80(69-33-17-9-18-34-69)53-75(67-29-13-7-14-30-67)54-81(95)70-35-19-10-20-36-70)90-59-77(98-86-43-27-25-41-78(86)79-42-26-28-44-87(79)98)60-91-94(90)97(84)85-48-46-74(93-65(5)51-62(2)52-66(93)6)58-89(85)100(91)96-82(71-37-21-11-22-38-71)55-76(68-31-15-8-16-32-68)56-83(96)72-39-23-12-24-40-72/h7-60H,1-6H3. The maximum atomic E-state index is 2.72. The first-order valence-electron chi connectivity index (χ1n) is 35.0. The van der Waals surface area contributed by atoms with Crippen LogP contribution in [-0.2, 0) is 0 Å². The van der Waals surface area contributed by atoms with Crippen LogP contribution >= 0.6 is 0 Å². The van der Waals surface area contributed by atoms with Crippen molar-refractivity contribution in [2.75, 3.05) is 9.80 Å². The Hall–Kier alpha value is -12.2. The maximum Gasteiger partial charge on any atom is 0.252 e. The summed E-state index contributed by atoms with van der Waals surface area (Å²) in [6.07, 6.45) is 0. The van der Waals surface area contributed by atoms with Crippen LogP contribution < -0.4 is 26.2 Å². The molecule has 0 unspecified atom stereocenters. The van der Waals surface area contributed by atoms with Crippen LogP contribution in [0.15, 0.2) is 328 Å². The van der Waals surface area contributed by atoms with Gasteiger partial charge in [-0.1, -0.05) is 278 Å². The Morgan fingerprint density at radius 3 is 0.870 bits per heavy atom. The van der Waals surface area contributed by atoms with Crippen molar-refractivity contribution in [1.29, 1.82) is 0 Å². The summed E-state index contributed by atoms with van der Waals surface area (Å²) in [5, 5.41) is 2.41. The average Bonchev–Trinajstić information content (AvgIpc) is 0.762. The van der Waals surface area contributed by atoms with E-state index < -0.39 is 0 Å². The van der Waals surface area contributed by atoms with Crippen molar-refractivity contribution >= 4 is 79.0 Å². The van der Waals surface area contributed by atoms with Crippen LogP contribution in [0, 0.1) is 41.5 Å². The fraction of sp³-hybridized carbons (Fsp3) is 0.0625. The van der Waals surface area contributed by atoms with Crippen LogP contribution in [0.4, 0.5) is 34.1 Å².